The number of carbonyl (C=O) groups is 2. The first kappa shape index (κ1) is 24.5. The Morgan fingerprint density at radius 2 is 2.00 bits per heavy atom. The summed E-state index contributed by atoms with van der Waals surface area (Å²) in [4.78, 5) is 28.8. The Morgan fingerprint density at radius 3 is 2.55 bits per heavy atom. The quantitative estimate of drug-likeness (QED) is 0.643. The van der Waals surface area contributed by atoms with Crippen LogP contribution in [0.1, 0.15) is 16.9 Å². The number of amides is 1. The number of rotatable bonds is 7. The molecular formula is C21H23F3N2O4S. The number of halogens is 3. The number of carbonyl (C=O) groups excluding carboxylic acids is 1. The first-order chi connectivity index (χ1) is 14.7. The molecule has 1 N–H and O–H groups in total. The lowest BCUT2D eigenvalue weighted by molar-refractivity contribution is -0.192. The average molecular weight is 456 g/mol. The van der Waals surface area contributed by atoms with Gasteiger partial charge in [-0.1, -0.05) is 12.1 Å². The topological polar surface area (TPSA) is 79.7 Å². The smallest absolute Gasteiger partial charge is 0.475 e. The predicted molar refractivity (Wildman–Crippen MR) is 110 cm³/mol. The molecule has 31 heavy (non-hydrogen) atoms. The van der Waals surface area contributed by atoms with Crippen LogP contribution in [0.5, 0.6) is 0 Å². The van der Waals surface area contributed by atoms with E-state index in [4.69, 9.17) is 14.6 Å². The highest BCUT2D eigenvalue weighted by atomic mass is 32.1. The van der Waals surface area contributed by atoms with Crippen LogP contribution in [-0.4, -0.2) is 58.3 Å². The molecule has 3 heterocycles. The van der Waals surface area contributed by atoms with Gasteiger partial charge in [-0.15, -0.1) is 17.9 Å². The van der Waals surface area contributed by atoms with E-state index in [2.05, 4.69) is 11.6 Å². The van der Waals surface area contributed by atoms with Gasteiger partial charge in [-0.05, 0) is 42.0 Å². The fraction of sp³-hybridized carbons (Fsp3) is 0.381. The van der Waals surface area contributed by atoms with Gasteiger partial charge in [0.1, 0.15) is 0 Å². The molecule has 0 aromatic carbocycles. The minimum absolute atomic E-state index is 0.0588. The second-order valence-corrected chi connectivity index (χ2v) is 7.75. The van der Waals surface area contributed by atoms with Crippen LogP contribution in [0.4, 0.5) is 13.2 Å². The van der Waals surface area contributed by atoms with Gasteiger partial charge in [-0.2, -0.15) is 13.2 Å². The van der Waals surface area contributed by atoms with E-state index in [1.807, 2.05) is 34.5 Å². The third-order valence-electron chi connectivity index (χ3n) is 4.57. The van der Waals surface area contributed by atoms with E-state index in [0.29, 0.717) is 13.0 Å². The van der Waals surface area contributed by atoms with Gasteiger partial charge in [0.05, 0.1) is 25.2 Å². The summed E-state index contributed by atoms with van der Waals surface area (Å²) in [5.41, 5.74) is 1.18. The van der Waals surface area contributed by atoms with Crippen LogP contribution in [0, 0.1) is 0 Å². The number of likely N-dealkylation sites (tertiary alicyclic amines) is 1. The highest BCUT2D eigenvalue weighted by Crippen LogP contribution is 2.26. The Morgan fingerprint density at radius 1 is 1.32 bits per heavy atom. The predicted octanol–water partition coefficient (Wildman–Crippen LogP) is 3.73. The molecule has 0 radical (unpaired) electrons. The van der Waals surface area contributed by atoms with Crippen molar-refractivity contribution in [3.05, 3.63) is 65.1 Å². The number of aromatic nitrogens is 1. The van der Waals surface area contributed by atoms with Crippen LogP contribution in [0.2, 0.25) is 0 Å². The Hall–Kier alpha value is -2.72. The van der Waals surface area contributed by atoms with Crippen molar-refractivity contribution in [1.82, 2.24) is 9.88 Å². The first-order valence-corrected chi connectivity index (χ1v) is 10.3. The van der Waals surface area contributed by atoms with Crippen LogP contribution < -0.4 is 0 Å². The van der Waals surface area contributed by atoms with E-state index < -0.39 is 12.1 Å². The summed E-state index contributed by atoms with van der Waals surface area (Å²) in [5.74, 6) is -2.58. The summed E-state index contributed by atoms with van der Waals surface area (Å²) in [6.07, 6.45) is 2.46. The Kier molecular flexibility index (Phi) is 9.20. The Bertz CT molecular complexity index is 844. The lowest BCUT2D eigenvalue weighted by Gasteiger charge is -2.28. The number of carboxylic acid groups (broad SMARTS) is 1. The van der Waals surface area contributed by atoms with Gasteiger partial charge in [-0.3, -0.25) is 9.78 Å². The maximum absolute atomic E-state index is 12.8. The van der Waals surface area contributed by atoms with Crippen LogP contribution in [0.3, 0.4) is 0 Å². The molecule has 10 heteroatoms. The third-order valence-corrected chi connectivity index (χ3v) is 5.45. The molecule has 0 aliphatic carbocycles. The van der Waals surface area contributed by atoms with E-state index in [9.17, 15) is 18.0 Å². The monoisotopic (exact) mass is 456 g/mol. The zero-order chi connectivity index (χ0) is 22.9. The van der Waals surface area contributed by atoms with E-state index in [1.54, 1.807) is 29.8 Å². The summed E-state index contributed by atoms with van der Waals surface area (Å²) in [7, 11) is 0. The zero-order valence-electron chi connectivity index (χ0n) is 16.6. The van der Waals surface area contributed by atoms with Crippen LogP contribution >= 0.6 is 11.3 Å². The van der Waals surface area contributed by atoms with Gasteiger partial charge < -0.3 is 14.7 Å². The van der Waals surface area contributed by atoms with Gasteiger partial charge >= 0.3 is 12.1 Å². The number of ether oxygens (including phenoxy) is 1. The maximum atomic E-state index is 12.8. The normalized spacial score (nSPS) is 18.2. The van der Waals surface area contributed by atoms with Crippen molar-refractivity contribution in [2.75, 3.05) is 13.2 Å². The lowest BCUT2D eigenvalue weighted by Crippen LogP contribution is -2.42. The molecule has 1 amide bonds. The lowest BCUT2D eigenvalue weighted by atomic mass is 10.0. The van der Waals surface area contributed by atoms with E-state index >= 15 is 0 Å². The van der Waals surface area contributed by atoms with Crippen molar-refractivity contribution in [2.45, 2.75) is 37.6 Å². The van der Waals surface area contributed by atoms with Crippen molar-refractivity contribution in [3.63, 3.8) is 0 Å². The largest absolute Gasteiger partial charge is 0.490 e. The molecule has 6 nitrogen and oxygen atoms in total. The maximum Gasteiger partial charge on any atom is 0.490 e. The number of thiophene rings is 1. The van der Waals surface area contributed by atoms with Crippen molar-refractivity contribution >= 4 is 23.2 Å². The summed E-state index contributed by atoms with van der Waals surface area (Å²) in [6, 6.07) is 8.08. The van der Waals surface area contributed by atoms with Gasteiger partial charge in [0.2, 0.25) is 5.91 Å². The van der Waals surface area contributed by atoms with Crippen LogP contribution in [0.25, 0.3) is 0 Å². The zero-order valence-corrected chi connectivity index (χ0v) is 17.4. The number of carboxylic acids is 1. The molecule has 0 spiro atoms. The van der Waals surface area contributed by atoms with E-state index in [-0.39, 0.29) is 18.1 Å². The average Bonchev–Trinajstić information content (AvgIpc) is 3.37. The van der Waals surface area contributed by atoms with E-state index in [0.717, 1.165) is 24.3 Å². The molecule has 1 aliphatic heterocycles. The molecule has 2 atom stereocenters. The Labute approximate surface area is 182 Å². The second kappa shape index (κ2) is 11.6. The minimum atomic E-state index is -5.08. The van der Waals surface area contributed by atoms with Gasteiger partial charge in [0, 0.05) is 23.8 Å². The Balaban J connectivity index is 0.000000423. The highest BCUT2D eigenvalue weighted by molar-refractivity contribution is 7.10. The molecule has 0 bridgehead atoms. The molecule has 168 valence electrons. The summed E-state index contributed by atoms with van der Waals surface area (Å²) in [5, 5.41) is 9.14. The highest BCUT2D eigenvalue weighted by Gasteiger charge is 2.38. The van der Waals surface area contributed by atoms with Crippen LogP contribution in [0.15, 0.2) is 54.7 Å². The van der Waals surface area contributed by atoms with Crippen molar-refractivity contribution in [3.8, 4) is 0 Å². The molecule has 0 unspecified atom stereocenters. The molecule has 1 saturated heterocycles. The molecular weight excluding hydrogens is 433 g/mol. The van der Waals surface area contributed by atoms with Crippen LogP contribution in [-0.2, 0) is 27.2 Å². The summed E-state index contributed by atoms with van der Waals surface area (Å²) in [6.45, 7) is 4.99. The molecule has 3 rings (SSSR count). The number of hydrogen-bond donors (Lipinski definition) is 1. The van der Waals surface area contributed by atoms with Crippen molar-refractivity contribution in [2.24, 2.45) is 0 Å². The standard InChI is InChI=1S/C19H22N2O2S.C2HF3O2/c1-2-11-23-18-7-10-21(19(22)14-16-4-3-12-24-16)17(18)13-15-5-8-20-9-6-15;3-2(4,5)1(6)7/h2-6,8-9,12,17-18H,1,7,10-11,13-14H2;(H,6,7)/t17-,18-;/m0./s1. The van der Waals surface area contributed by atoms with Crippen molar-refractivity contribution < 1.29 is 32.6 Å². The minimum Gasteiger partial charge on any atom is -0.475 e. The number of aliphatic carboxylic acids is 1. The van der Waals surface area contributed by atoms with Gasteiger partial charge in [-0.25, -0.2) is 4.79 Å². The number of hydrogen-bond acceptors (Lipinski definition) is 5. The molecule has 0 saturated carbocycles. The second-order valence-electron chi connectivity index (χ2n) is 6.72. The first-order valence-electron chi connectivity index (χ1n) is 9.45. The number of alkyl halides is 3. The fourth-order valence-corrected chi connectivity index (χ4v) is 3.88. The van der Waals surface area contributed by atoms with Crippen molar-refractivity contribution in [1.29, 1.82) is 0 Å². The third kappa shape index (κ3) is 7.80. The molecule has 1 aliphatic rings. The molecule has 2 aromatic rings. The fourth-order valence-electron chi connectivity index (χ4n) is 3.19. The van der Waals surface area contributed by atoms with Gasteiger partial charge in [0.15, 0.2) is 0 Å². The van der Waals surface area contributed by atoms with E-state index in [1.165, 1.54) is 5.56 Å². The molecule has 2 aromatic heterocycles. The number of pyridine rings is 1. The van der Waals surface area contributed by atoms with Gasteiger partial charge in [0.25, 0.3) is 0 Å². The summed E-state index contributed by atoms with van der Waals surface area (Å²) < 4.78 is 37.7. The number of nitrogens with zero attached hydrogens (tertiary/aromatic N) is 2. The summed E-state index contributed by atoms with van der Waals surface area (Å²) >= 11 is 1.63. The molecule has 1 fully saturated rings. The SMILES string of the molecule is C=CCO[C@H]1CCN(C(=O)Cc2cccs2)[C@H]1Cc1ccncc1.O=C(O)C(F)(F)F.